The van der Waals surface area contributed by atoms with E-state index in [4.69, 9.17) is 0 Å². The number of carbonyl (C=O) groups excluding carboxylic acids is 1. The summed E-state index contributed by atoms with van der Waals surface area (Å²) in [5.41, 5.74) is 0.0160. The lowest BCUT2D eigenvalue weighted by Crippen LogP contribution is -2.48. The number of hydrogen-bond acceptors (Lipinski definition) is 3. The monoisotopic (exact) mass is 295 g/mol. The van der Waals surface area contributed by atoms with Crippen LogP contribution in [0.5, 0.6) is 0 Å². The molecule has 0 bridgehead atoms. The lowest BCUT2D eigenvalue weighted by Gasteiger charge is -2.39. The number of hydrogen-bond donors (Lipinski definition) is 1. The summed E-state index contributed by atoms with van der Waals surface area (Å²) in [4.78, 5) is 16.7. The van der Waals surface area contributed by atoms with Crippen LogP contribution in [0, 0.1) is 11.8 Å². The summed E-state index contributed by atoms with van der Waals surface area (Å²) in [6.07, 6.45) is 5.10. The molecule has 4 nitrogen and oxygen atoms in total. The molecule has 2 saturated heterocycles. The van der Waals surface area contributed by atoms with Gasteiger partial charge in [-0.3, -0.25) is 4.79 Å². The van der Waals surface area contributed by atoms with Gasteiger partial charge in [0, 0.05) is 18.6 Å². The van der Waals surface area contributed by atoms with Crippen molar-refractivity contribution in [1.29, 1.82) is 0 Å². The molecule has 0 aromatic carbocycles. The fraction of sp³-hybridized carbons (Fsp3) is 0.941. The molecule has 0 aromatic rings. The van der Waals surface area contributed by atoms with Crippen LogP contribution in [0.2, 0.25) is 0 Å². The van der Waals surface area contributed by atoms with E-state index in [-0.39, 0.29) is 11.4 Å². The Morgan fingerprint density at radius 2 is 1.48 bits per heavy atom. The van der Waals surface area contributed by atoms with Gasteiger partial charge in [-0.15, -0.1) is 0 Å². The number of rotatable bonds is 3. The third kappa shape index (κ3) is 5.26. The summed E-state index contributed by atoms with van der Waals surface area (Å²) in [7, 11) is 2.22. The Bertz CT molecular complexity index is 334. The number of amides is 1. The molecule has 2 aliphatic rings. The molecule has 1 N–H and O–H groups in total. The van der Waals surface area contributed by atoms with Gasteiger partial charge in [0.15, 0.2) is 0 Å². The second-order valence-electron chi connectivity index (χ2n) is 7.96. The van der Waals surface area contributed by atoms with Gasteiger partial charge in [0.05, 0.1) is 6.54 Å². The van der Waals surface area contributed by atoms with E-state index in [2.05, 4.69) is 42.9 Å². The summed E-state index contributed by atoms with van der Waals surface area (Å²) in [5.74, 6) is 2.01. The molecule has 0 atom stereocenters. The largest absolute Gasteiger partial charge is 0.342 e. The van der Waals surface area contributed by atoms with Gasteiger partial charge in [-0.25, -0.2) is 0 Å². The number of nitrogens with one attached hydrogen (secondary N) is 1. The molecule has 122 valence electrons. The van der Waals surface area contributed by atoms with Gasteiger partial charge < -0.3 is 15.1 Å². The zero-order valence-corrected chi connectivity index (χ0v) is 14.3. The van der Waals surface area contributed by atoms with E-state index in [1.165, 1.54) is 38.8 Å². The first-order valence-electron chi connectivity index (χ1n) is 8.56. The number of piperidine rings is 2. The van der Waals surface area contributed by atoms with Crippen LogP contribution in [-0.2, 0) is 4.79 Å². The van der Waals surface area contributed by atoms with Crippen molar-refractivity contribution in [2.75, 3.05) is 39.8 Å². The maximum absolute atomic E-state index is 12.2. The van der Waals surface area contributed by atoms with Crippen molar-refractivity contribution in [2.45, 2.75) is 52.0 Å². The van der Waals surface area contributed by atoms with Crippen LogP contribution in [0.3, 0.4) is 0 Å². The van der Waals surface area contributed by atoms with Crippen molar-refractivity contribution in [3.05, 3.63) is 0 Å². The third-order valence-electron chi connectivity index (χ3n) is 5.09. The fourth-order valence-electron chi connectivity index (χ4n) is 3.57. The molecule has 0 saturated carbocycles. The first-order valence-corrected chi connectivity index (χ1v) is 8.56. The van der Waals surface area contributed by atoms with Crippen LogP contribution in [0.25, 0.3) is 0 Å². The maximum atomic E-state index is 12.2. The molecule has 2 rings (SSSR count). The summed E-state index contributed by atoms with van der Waals surface area (Å²) in [6, 6.07) is 0. The van der Waals surface area contributed by atoms with Crippen molar-refractivity contribution < 1.29 is 4.79 Å². The lowest BCUT2D eigenvalue weighted by atomic mass is 9.79. The summed E-state index contributed by atoms with van der Waals surface area (Å²) >= 11 is 0. The van der Waals surface area contributed by atoms with Gasteiger partial charge in [-0.1, -0.05) is 0 Å². The highest BCUT2D eigenvalue weighted by atomic mass is 16.2. The van der Waals surface area contributed by atoms with E-state index in [1.807, 2.05) is 0 Å². The second-order valence-corrected chi connectivity index (χ2v) is 7.96. The first-order chi connectivity index (χ1) is 9.85. The van der Waals surface area contributed by atoms with Crippen LogP contribution in [0.1, 0.15) is 46.5 Å². The van der Waals surface area contributed by atoms with Crippen molar-refractivity contribution in [2.24, 2.45) is 11.8 Å². The predicted molar refractivity (Wildman–Crippen MR) is 87.3 cm³/mol. The number of nitrogens with zero attached hydrogens (tertiary/aromatic N) is 2. The molecule has 0 unspecified atom stereocenters. The van der Waals surface area contributed by atoms with Crippen LogP contribution in [-0.4, -0.2) is 61.0 Å². The highest BCUT2D eigenvalue weighted by Crippen LogP contribution is 2.32. The Kier molecular flexibility index (Phi) is 5.67. The van der Waals surface area contributed by atoms with E-state index in [0.29, 0.717) is 6.54 Å². The zero-order valence-electron chi connectivity index (χ0n) is 14.3. The molecule has 2 fully saturated rings. The Morgan fingerprint density at radius 3 is 1.95 bits per heavy atom. The standard InChI is InChI=1S/C17H33N3O/c1-17(2,3)18-13-16(21)20-11-7-15(8-12-20)14-5-9-19(4)10-6-14/h14-15,18H,5-13H2,1-4H3. The number of carbonyl (C=O) groups is 1. The highest BCUT2D eigenvalue weighted by molar-refractivity contribution is 5.78. The molecule has 4 heteroatoms. The van der Waals surface area contributed by atoms with Gasteiger partial charge in [0.25, 0.3) is 0 Å². The summed E-state index contributed by atoms with van der Waals surface area (Å²) < 4.78 is 0. The van der Waals surface area contributed by atoms with E-state index < -0.39 is 0 Å². The predicted octanol–water partition coefficient (Wildman–Crippen LogP) is 1.95. The number of likely N-dealkylation sites (tertiary alicyclic amines) is 2. The Morgan fingerprint density at radius 1 is 1.00 bits per heavy atom. The van der Waals surface area contributed by atoms with Crippen LogP contribution in [0.4, 0.5) is 0 Å². The first kappa shape index (κ1) is 16.8. The minimum atomic E-state index is 0.0160. The summed E-state index contributed by atoms with van der Waals surface area (Å²) in [5, 5.41) is 3.30. The van der Waals surface area contributed by atoms with E-state index in [0.717, 1.165) is 24.9 Å². The normalized spacial score (nSPS) is 23.5. The van der Waals surface area contributed by atoms with Gasteiger partial charge in [0.1, 0.15) is 0 Å². The maximum Gasteiger partial charge on any atom is 0.236 e. The Labute approximate surface area is 130 Å². The molecule has 0 aromatic heterocycles. The molecular formula is C17H33N3O. The second kappa shape index (κ2) is 7.10. The molecule has 21 heavy (non-hydrogen) atoms. The van der Waals surface area contributed by atoms with Crippen LogP contribution >= 0.6 is 0 Å². The van der Waals surface area contributed by atoms with Crippen molar-refractivity contribution in [1.82, 2.24) is 15.1 Å². The minimum Gasteiger partial charge on any atom is -0.342 e. The summed E-state index contributed by atoms with van der Waals surface area (Å²) in [6.45, 7) is 11.2. The molecule has 0 aliphatic carbocycles. The average molecular weight is 295 g/mol. The van der Waals surface area contributed by atoms with Crippen molar-refractivity contribution >= 4 is 5.91 Å². The molecule has 0 radical (unpaired) electrons. The molecule has 0 spiro atoms. The topological polar surface area (TPSA) is 35.6 Å². The Hall–Kier alpha value is -0.610. The highest BCUT2D eigenvalue weighted by Gasteiger charge is 2.30. The molecule has 1 amide bonds. The quantitative estimate of drug-likeness (QED) is 0.864. The van der Waals surface area contributed by atoms with Gasteiger partial charge in [-0.2, -0.15) is 0 Å². The lowest BCUT2D eigenvalue weighted by molar-refractivity contribution is -0.132. The van der Waals surface area contributed by atoms with Gasteiger partial charge >= 0.3 is 0 Å². The zero-order chi connectivity index (χ0) is 15.5. The average Bonchev–Trinajstić information content (AvgIpc) is 2.45. The fourth-order valence-corrected chi connectivity index (χ4v) is 3.57. The molecule has 2 aliphatic heterocycles. The van der Waals surface area contributed by atoms with Crippen molar-refractivity contribution in [3.8, 4) is 0 Å². The van der Waals surface area contributed by atoms with Crippen molar-refractivity contribution in [3.63, 3.8) is 0 Å². The van der Waals surface area contributed by atoms with Gasteiger partial charge in [-0.05, 0) is 78.4 Å². The Balaban J connectivity index is 1.71. The minimum absolute atomic E-state index is 0.0160. The van der Waals surface area contributed by atoms with E-state index in [9.17, 15) is 4.79 Å². The smallest absolute Gasteiger partial charge is 0.236 e. The van der Waals surface area contributed by atoms with Crippen LogP contribution in [0.15, 0.2) is 0 Å². The van der Waals surface area contributed by atoms with Gasteiger partial charge in [0.2, 0.25) is 5.91 Å². The third-order valence-corrected chi connectivity index (χ3v) is 5.09. The van der Waals surface area contributed by atoms with Crippen LogP contribution < -0.4 is 5.32 Å². The molecular weight excluding hydrogens is 262 g/mol. The van der Waals surface area contributed by atoms with E-state index in [1.54, 1.807) is 0 Å². The van der Waals surface area contributed by atoms with E-state index >= 15 is 0 Å². The SMILES string of the molecule is CN1CCC(C2CCN(C(=O)CNC(C)(C)C)CC2)CC1. The molecule has 2 heterocycles.